The number of unbranched alkanes of at least 4 members (excludes halogenated alkanes) is 2. The zero-order chi connectivity index (χ0) is 28.3. The molecule has 0 spiro atoms. The van der Waals surface area contributed by atoms with Crippen molar-refractivity contribution in [3.63, 3.8) is 0 Å². The molecule has 2 N–H and O–H groups in total. The highest BCUT2D eigenvalue weighted by molar-refractivity contribution is 5.96. The van der Waals surface area contributed by atoms with E-state index >= 15 is 0 Å². The summed E-state index contributed by atoms with van der Waals surface area (Å²) in [6.07, 6.45) is 4.11. The van der Waals surface area contributed by atoms with Gasteiger partial charge in [0.05, 0.1) is 19.8 Å². The van der Waals surface area contributed by atoms with E-state index in [0.29, 0.717) is 74.7 Å². The Morgan fingerprint density at radius 1 is 1.02 bits per heavy atom. The Balaban J connectivity index is 1.30. The lowest BCUT2D eigenvalue weighted by atomic mass is 10.00. The number of ether oxygens (including phenoxy) is 4. The second-order valence-electron chi connectivity index (χ2n) is 10.5. The van der Waals surface area contributed by atoms with Crippen LogP contribution in [0.5, 0.6) is 17.2 Å². The van der Waals surface area contributed by atoms with Gasteiger partial charge in [-0.1, -0.05) is 12.5 Å². The molecule has 2 heterocycles. The smallest absolute Gasteiger partial charge is 0.220 e. The van der Waals surface area contributed by atoms with Gasteiger partial charge in [0, 0.05) is 38.1 Å². The van der Waals surface area contributed by atoms with Gasteiger partial charge in [0.2, 0.25) is 5.91 Å². The maximum Gasteiger partial charge on any atom is 0.220 e. The highest BCUT2D eigenvalue weighted by Gasteiger charge is 2.31. The Morgan fingerprint density at radius 3 is 2.52 bits per heavy atom. The van der Waals surface area contributed by atoms with E-state index in [1.54, 1.807) is 44.6 Å². The van der Waals surface area contributed by atoms with Crippen LogP contribution in [0.3, 0.4) is 0 Å². The van der Waals surface area contributed by atoms with Gasteiger partial charge >= 0.3 is 0 Å². The summed E-state index contributed by atoms with van der Waals surface area (Å²) in [5.74, 6) is 1.97. The molecule has 40 heavy (non-hydrogen) atoms. The van der Waals surface area contributed by atoms with Crippen molar-refractivity contribution >= 4 is 11.7 Å². The molecular formula is C31H42N2O7. The zero-order valence-electron chi connectivity index (χ0n) is 23.6. The van der Waals surface area contributed by atoms with Crippen LogP contribution in [0.1, 0.15) is 67.0 Å². The van der Waals surface area contributed by atoms with Crippen molar-refractivity contribution in [2.45, 2.75) is 63.1 Å². The third-order valence-electron chi connectivity index (χ3n) is 7.64. The van der Waals surface area contributed by atoms with Gasteiger partial charge in [-0.05, 0) is 74.2 Å². The van der Waals surface area contributed by atoms with Gasteiger partial charge < -0.3 is 29.4 Å². The van der Waals surface area contributed by atoms with Crippen LogP contribution >= 0.6 is 0 Å². The van der Waals surface area contributed by atoms with Gasteiger partial charge in [-0.25, -0.2) is 0 Å². The monoisotopic (exact) mass is 554 g/mol. The molecule has 0 aliphatic carbocycles. The molecule has 2 aliphatic rings. The second-order valence-corrected chi connectivity index (χ2v) is 10.5. The molecule has 0 radical (unpaired) electrons. The molecule has 2 unspecified atom stereocenters. The topological polar surface area (TPSA) is 107 Å². The Kier molecular flexibility index (Phi) is 11.2. The number of aliphatic hydroxyl groups excluding tert-OH is 1. The minimum atomic E-state index is -0.911. The lowest BCUT2D eigenvalue weighted by Crippen LogP contribution is -2.49. The van der Waals surface area contributed by atoms with Crippen molar-refractivity contribution in [2.24, 2.45) is 0 Å². The van der Waals surface area contributed by atoms with E-state index in [4.69, 9.17) is 18.9 Å². The zero-order valence-corrected chi connectivity index (χ0v) is 23.6. The molecule has 1 amide bonds. The molecule has 1 fully saturated rings. The molecule has 2 aliphatic heterocycles. The van der Waals surface area contributed by atoms with Crippen molar-refractivity contribution in [2.75, 3.05) is 47.1 Å². The summed E-state index contributed by atoms with van der Waals surface area (Å²) in [5.41, 5.74) is 1.34. The molecule has 9 heteroatoms. The molecule has 9 nitrogen and oxygen atoms in total. The van der Waals surface area contributed by atoms with Gasteiger partial charge in [0.15, 0.2) is 17.3 Å². The number of aliphatic hydroxyl groups is 1. The number of methoxy groups -OCH3 is 2. The number of hydrogen-bond donors (Lipinski definition) is 2. The number of fused-ring (bicyclic) bond motifs is 1. The van der Waals surface area contributed by atoms with E-state index in [0.717, 1.165) is 31.6 Å². The molecule has 4 rings (SSSR count). The van der Waals surface area contributed by atoms with E-state index in [1.165, 1.54) is 0 Å². The molecule has 0 bridgehead atoms. The highest BCUT2D eigenvalue weighted by atomic mass is 16.6. The Morgan fingerprint density at radius 2 is 1.77 bits per heavy atom. The van der Waals surface area contributed by atoms with Crippen LogP contribution in [0.2, 0.25) is 0 Å². The first kappa shape index (κ1) is 29.8. The summed E-state index contributed by atoms with van der Waals surface area (Å²) < 4.78 is 21.9. The van der Waals surface area contributed by atoms with E-state index < -0.39 is 12.1 Å². The van der Waals surface area contributed by atoms with Crippen molar-refractivity contribution in [3.8, 4) is 17.2 Å². The van der Waals surface area contributed by atoms with Gasteiger partial charge in [-0.3, -0.25) is 14.5 Å². The van der Waals surface area contributed by atoms with Crippen molar-refractivity contribution in [3.05, 3.63) is 53.6 Å². The molecule has 0 aromatic heterocycles. The average Bonchev–Trinajstić information content (AvgIpc) is 3.42. The fourth-order valence-electron chi connectivity index (χ4n) is 5.42. The van der Waals surface area contributed by atoms with Gasteiger partial charge in [-0.15, -0.1) is 0 Å². The molecular weight excluding hydrogens is 512 g/mol. The minimum Gasteiger partial charge on any atom is -0.497 e. The summed E-state index contributed by atoms with van der Waals surface area (Å²) in [6.45, 7) is 3.00. The van der Waals surface area contributed by atoms with Crippen LogP contribution < -0.4 is 19.5 Å². The van der Waals surface area contributed by atoms with Crippen LogP contribution in [0.4, 0.5) is 0 Å². The van der Waals surface area contributed by atoms with E-state index in [1.807, 2.05) is 12.1 Å². The normalized spacial score (nSPS) is 18.2. The molecule has 0 saturated carbocycles. The molecule has 2 aromatic rings. The standard InChI is InChI=1S/C31H42N2O7/c1-37-21-24-7-6-16-33(24)20-26(31(36)23-12-15-28-29(19-23)40-18-17-39-28)32-30(35)9-5-3-4-8-27(34)22-10-13-25(38-2)14-11-22/h10-15,19,24,26,31,36H,3-9,16-18,20-21H2,1-2H3,(H,32,35)/t24?,26-,31?/m1/s1. The Bertz CT molecular complexity index is 1110. The first-order valence-corrected chi connectivity index (χ1v) is 14.3. The van der Waals surface area contributed by atoms with Crippen molar-refractivity contribution < 1.29 is 33.6 Å². The van der Waals surface area contributed by atoms with Crippen molar-refractivity contribution in [1.82, 2.24) is 10.2 Å². The number of hydrogen-bond acceptors (Lipinski definition) is 8. The van der Waals surface area contributed by atoms with Crippen molar-refractivity contribution in [1.29, 1.82) is 0 Å². The number of ketones is 1. The number of benzene rings is 2. The molecule has 2 aromatic carbocycles. The first-order chi connectivity index (χ1) is 19.5. The number of Topliss-reactive ketones (excluding diaryl/α,β-unsaturated/α-hetero) is 1. The third kappa shape index (κ3) is 8.19. The maximum atomic E-state index is 13.0. The summed E-state index contributed by atoms with van der Waals surface area (Å²) in [7, 11) is 3.29. The third-order valence-corrected chi connectivity index (χ3v) is 7.64. The Labute approximate surface area is 236 Å². The maximum absolute atomic E-state index is 13.0. The van der Waals surface area contributed by atoms with Crippen LogP contribution in [0, 0.1) is 0 Å². The number of nitrogens with zero attached hydrogens (tertiary/aromatic N) is 1. The van der Waals surface area contributed by atoms with E-state index in [2.05, 4.69) is 10.2 Å². The molecule has 218 valence electrons. The van der Waals surface area contributed by atoms with E-state index in [9.17, 15) is 14.7 Å². The van der Waals surface area contributed by atoms with Gasteiger partial charge in [0.1, 0.15) is 25.1 Å². The second kappa shape index (κ2) is 15.0. The SMILES string of the molecule is COCC1CCCN1C[C@@H](NC(=O)CCCCCC(=O)c1ccc(OC)cc1)C(O)c1ccc2c(c1)OCCO2. The van der Waals surface area contributed by atoms with Crippen LogP contribution in [-0.4, -0.2) is 80.9 Å². The summed E-state index contributed by atoms with van der Waals surface area (Å²) in [4.78, 5) is 27.7. The Hall–Kier alpha value is -3.14. The minimum absolute atomic E-state index is 0.0888. The molecule has 3 atom stereocenters. The average molecular weight is 555 g/mol. The largest absolute Gasteiger partial charge is 0.497 e. The predicted molar refractivity (Wildman–Crippen MR) is 151 cm³/mol. The highest BCUT2D eigenvalue weighted by Crippen LogP contribution is 2.34. The van der Waals surface area contributed by atoms with Crippen LogP contribution in [-0.2, 0) is 9.53 Å². The number of rotatable bonds is 15. The number of carbonyl (C=O) groups excluding carboxylic acids is 2. The summed E-state index contributed by atoms with van der Waals surface area (Å²) >= 11 is 0. The summed E-state index contributed by atoms with van der Waals surface area (Å²) in [5, 5.41) is 14.5. The number of amides is 1. The first-order valence-electron chi connectivity index (χ1n) is 14.3. The fraction of sp³-hybridized carbons (Fsp3) is 0.548. The summed E-state index contributed by atoms with van der Waals surface area (Å²) in [6, 6.07) is 12.3. The quantitative estimate of drug-likeness (QED) is 0.252. The van der Waals surface area contributed by atoms with Gasteiger partial charge in [-0.2, -0.15) is 0 Å². The lowest BCUT2D eigenvalue weighted by Gasteiger charge is -2.32. The fourth-order valence-corrected chi connectivity index (χ4v) is 5.42. The lowest BCUT2D eigenvalue weighted by molar-refractivity contribution is -0.123. The van der Waals surface area contributed by atoms with Crippen LogP contribution in [0.25, 0.3) is 0 Å². The number of nitrogens with one attached hydrogen (secondary N) is 1. The van der Waals surface area contributed by atoms with E-state index in [-0.39, 0.29) is 17.7 Å². The number of carbonyl (C=O) groups is 2. The van der Waals surface area contributed by atoms with Crippen LogP contribution in [0.15, 0.2) is 42.5 Å². The molecule has 1 saturated heterocycles. The predicted octanol–water partition coefficient (Wildman–Crippen LogP) is 3.93. The number of likely N-dealkylation sites (tertiary alicyclic amines) is 1. The van der Waals surface area contributed by atoms with Gasteiger partial charge in [0.25, 0.3) is 0 Å².